The number of nitrogens with zero attached hydrogens (tertiary/aromatic N) is 2. The first-order valence-corrected chi connectivity index (χ1v) is 7.12. The van der Waals surface area contributed by atoms with Crippen molar-refractivity contribution in [2.24, 2.45) is 7.05 Å². The van der Waals surface area contributed by atoms with Crippen molar-refractivity contribution in [1.29, 1.82) is 0 Å². The standard InChI is InChI=1S/C16H23N3O2/c1-12-4-6-16(7-5-12)21-11-15(20)10-17-8-14-9-18-19(3)13(14)2/h4-7,9,15,17,20H,8,10-11H2,1-3H3. The molecule has 0 fully saturated rings. The van der Waals surface area contributed by atoms with Gasteiger partial charge in [0, 0.05) is 31.4 Å². The number of aromatic nitrogens is 2. The molecule has 0 saturated carbocycles. The number of rotatable bonds is 7. The van der Waals surface area contributed by atoms with Crippen LogP contribution in [0.3, 0.4) is 0 Å². The molecular formula is C16H23N3O2. The molecule has 0 aliphatic rings. The van der Waals surface area contributed by atoms with Crippen LogP contribution in [0, 0.1) is 13.8 Å². The summed E-state index contributed by atoms with van der Waals surface area (Å²) in [6, 6.07) is 7.80. The highest BCUT2D eigenvalue weighted by molar-refractivity contribution is 5.26. The van der Waals surface area contributed by atoms with E-state index in [1.807, 2.05) is 56.0 Å². The van der Waals surface area contributed by atoms with Gasteiger partial charge in [-0.05, 0) is 26.0 Å². The summed E-state index contributed by atoms with van der Waals surface area (Å²) in [6.45, 7) is 5.52. The number of benzene rings is 1. The quantitative estimate of drug-likeness (QED) is 0.812. The summed E-state index contributed by atoms with van der Waals surface area (Å²) < 4.78 is 7.39. The highest BCUT2D eigenvalue weighted by Gasteiger charge is 2.07. The van der Waals surface area contributed by atoms with E-state index in [-0.39, 0.29) is 6.61 Å². The van der Waals surface area contributed by atoms with E-state index in [1.54, 1.807) is 0 Å². The average molecular weight is 289 g/mol. The van der Waals surface area contributed by atoms with Crippen LogP contribution in [0.1, 0.15) is 16.8 Å². The monoisotopic (exact) mass is 289 g/mol. The van der Waals surface area contributed by atoms with Gasteiger partial charge in [-0.1, -0.05) is 17.7 Å². The Balaban J connectivity index is 1.69. The Morgan fingerprint density at radius 1 is 1.29 bits per heavy atom. The second-order valence-corrected chi connectivity index (χ2v) is 5.29. The van der Waals surface area contributed by atoms with E-state index >= 15 is 0 Å². The van der Waals surface area contributed by atoms with Crippen molar-refractivity contribution in [2.45, 2.75) is 26.5 Å². The van der Waals surface area contributed by atoms with Gasteiger partial charge in [-0.25, -0.2) is 0 Å². The van der Waals surface area contributed by atoms with E-state index in [9.17, 15) is 5.11 Å². The van der Waals surface area contributed by atoms with E-state index in [2.05, 4.69) is 10.4 Å². The lowest BCUT2D eigenvalue weighted by Crippen LogP contribution is -2.31. The second-order valence-electron chi connectivity index (χ2n) is 5.29. The van der Waals surface area contributed by atoms with Crippen LogP contribution in [-0.4, -0.2) is 34.1 Å². The van der Waals surface area contributed by atoms with Crippen LogP contribution in [0.15, 0.2) is 30.5 Å². The number of nitrogens with one attached hydrogen (secondary N) is 1. The zero-order valence-corrected chi connectivity index (χ0v) is 12.8. The molecular weight excluding hydrogens is 266 g/mol. The first-order valence-electron chi connectivity index (χ1n) is 7.12. The van der Waals surface area contributed by atoms with E-state index in [0.717, 1.165) is 17.0 Å². The van der Waals surface area contributed by atoms with Crippen LogP contribution in [0.25, 0.3) is 0 Å². The minimum Gasteiger partial charge on any atom is -0.491 e. The fourth-order valence-electron chi connectivity index (χ4n) is 1.98. The lowest BCUT2D eigenvalue weighted by atomic mass is 10.2. The minimum atomic E-state index is -0.539. The molecule has 2 N–H and O–H groups in total. The van der Waals surface area contributed by atoms with Crippen LogP contribution < -0.4 is 10.1 Å². The third kappa shape index (κ3) is 4.58. The topological polar surface area (TPSA) is 59.3 Å². The van der Waals surface area contributed by atoms with Crippen molar-refractivity contribution >= 4 is 0 Å². The Bertz CT molecular complexity index is 563. The molecule has 1 atom stereocenters. The number of hydrogen-bond acceptors (Lipinski definition) is 4. The molecule has 0 radical (unpaired) electrons. The van der Waals surface area contributed by atoms with Gasteiger partial charge in [-0.15, -0.1) is 0 Å². The molecule has 0 saturated heterocycles. The number of hydrogen-bond donors (Lipinski definition) is 2. The summed E-state index contributed by atoms with van der Waals surface area (Å²) in [5.41, 5.74) is 3.47. The average Bonchev–Trinajstić information content (AvgIpc) is 2.79. The molecule has 0 spiro atoms. The maximum Gasteiger partial charge on any atom is 0.119 e. The van der Waals surface area contributed by atoms with Gasteiger partial charge in [0.15, 0.2) is 0 Å². The molecule has 0 aliphatic carbocycles. The summed E-state index contributed by atoms with van der Waals surface area (Å²) in [5, 5.41) is 17.3. The molecule has 21 heavy (non-hydrogen) atoms. The SMILES string of the molecule is Cc1ccc(OCC(O)CNCc2cnn(C)c2C)cc1. The van der Waals surface area contributed by atoms with E-state index in [4.69, 9.17) is 4.74 Å². The Morgan fingerprint density at radius 3 is 2.62 bits per heavy atom. The predicted octanol–water partition coefficient (Wildman–Crippen LogP) is 1.57. The molecule has 1 aromatic carbocycles. The normalized spacial score (nSPS) is 12.4. The molecule has 1 aromatic heterocycles. The maximum atomic E-state index is 9.91. The summed E-state index contributed by atoms with van der Waals surface area (Å²) in [6.07, 6.45) is 1.31. The lowest BCUT2D eigenvalue weighted by molar-refractivity contribution is 0.106. The molecule has 5 heteroatoms. The molecule has 0 bridgehead atoms. The molecule has 0 amide bonds. The van der Waals surface area contributed by atoms with Crippen molar-refractivity contribution in [3.63, 3.8) is 0 Å². The van der Waals surface area contributed by atoms with Gasteiger partial charge in [0.1, 0.15) is 18.5 Å². The third-order valence-electron chi connectivity index (χ3n) is 3.50. The fourth-order valence-corrected chi connectivity index (χ4v) is 1.98. The number of aliphatic hydroxyl groups excluding tert-OH is 1. The number of aryl methyl sites for hydroxylation is 2. The zero-order chi connectivity index (χ0) is 15.2. The smallest absolute Gasteiger partial charge is 0.119 e. The van der Waals surface area contributed by atoms with Gasteiger partial charge in [-0.3, -0.25) is 4.68 Å². The van der Waals surface area contributed by atoms with Gasteiger partial charge < -0.3 is 15.2 Å². The summed E-state index contributed by atoms with van der Waals surface area (Å²) in [5.74, 6) is 0.780. The summed E-state index contributed by atoms with van der Waals surface area (Å²) in [7, 11) is 1.92. The third-order valence-corrected chi connectivity index (χ3v) is 3.50. The molecule has 2 rings (SSSR count). The molecule has 1 heterocycles. The van der Waals surface area contributed by atoms with Crippen LogP contribution in [0.4, 0.5) is 0 Å². The molecule has 0 aliphatic heterocycles. The molecule has 1 unspecified atom stereocenters. The van der Waals surface area contributed by atoms with Crippen molar-refractivity contribution in [2.75, 3.05) is 13.2 Å². The molecule has 2 aromatic rings. The number of aliphatic hydroxyl groups is 1. The van der Waals surface area contributed by atoms with Crippen molar-refractivity contribution in [3.8, 4) is 5.75 Å². The van der Waals surface area contributed by atoms with Gasteiger partial charge in [0.05, 0.1) is 6.20 Å². The van der Waals surface area contributed by atoms with Gasteiger partial charge >= 0.3 is 0 Å². The van der Waals surface area contributed by atoms with Crippen LogP contribution >= 0.6 is 0 Å². The van der Waals surface area contributed by atoms with Crippen molar-refractivity contribution < 1.29 is 9.84 Å². The van der Waals surface area contributed by atoms with E-state index in [1.165, 1.54) is 5.56 Å². The van der Waals surface area contributed by atoms with E-state index < -0.39 is 6.10 Å². The van der Waals surface area contributed by atoms with Crippen molar-refractivity contribution in [1.82, 2.24) is 15.1 Å². The summed E-state index contributed by atoms with van der Waals surface area (Å²) >= 11 is 0. The van der Waals surface area contributed by atoms with E-state index in [0.29, 0.717) is 13.1 Å². The fraction of sp³-hybridized carbons (Fsp3) is 0.438. The zero-order valence-electron chi connectivity index (χ0n) is 12.8. The largest absolute Gasteiger partial charge is 0.491 e. The minimum absolute atomic E-state index is 0.280. The lowest BCUT2D eigenvalue weighted by Gasteiger charge is -2.13. The second kappa shape index (κ2) is 7.24. The first-order chi connectivity index (χ1) is 10.1. The van der Waals surface area contributed by atoms with Crippen LogP contribution in [-0.2, 0) is 13.6 Å². The Kier molecular flexibility index (Phi) is 5.36. The van der Waals surface area contributed by atoms with Gasteiger partial charge in [0.25, 0.3) is 0 Å². The highest BCUT2D eigenvalue weighted by atomic mass is 16.5. The van der Waals surface area contributed by atoms with Gasteiger partial charge in [0.2, 0.25) is 0 Å². The predicted molar refractivity (Wildman–Crippen MR) is 82.3 cm³/mol. The van der Waals surface area contributed by atoms with Crippen molar-refractivity contribution in [3.05, 3.63) is 47.3 Å². The molecule has 5 nitrogen and oxygen atoms in total. The Hall–Kier alpha value is -1.85. The Labute approximate surface area is 125 Å². The van der Waals surface area contributed by atoms with Crippen LogP contribution in [0.5, 0.6) is 5.75 Å². The van der Waals surface area contributed by atoms with Gasteiger partial charge in [-0.2, -0.15) is 5.10 Å². The first kappa shape index (κ1) is 15.5. The maximum absolute atomic E-state index is 9.91. The molecule has 114 valence electrons. The summed E-state index contributed by atoms with van der Waals surface area (Å²) in [4.78, 5) is 0. The Morgan fingerprint density at radius 2 is 2.00 bits per heavy atom. The van der Waals surface area contributed by atoms with Crippen LogP contribution in [0.2, 0.25) is 0 Å². The number of ether oxygens (including phenoxy) is 1. The highest BCUT2D eigenvalue weighted by Crippen LogP contribution is 2.11.